The fourth-order valence-corrected chi connectivity index (χ4v) is 3.85. The van der Waals surface area contributed by atoms with Crippen LogP contribution in [0.5, 0.6) is 0 Å². The molecule has 0 saturated heterocycles. The smallest absolute Gasteiger partial charge is 0.352 e. The summed E-state index contributed by atoms with van der Waals surface area (Å²) < 4.78 is 32.5. The van der Waals surface area contributed by atoms with E-state index in [1.54, 1.807) is 27.7 Å². The molecular weight excluding hydrogens is 310 g/mol. The van der Waals surface area contributed by atoms with Gasteiger partial charge in [0.2, 0.25) is 10.0 Å². The highest BCUT2D eigenvalue weighted by Crippen LogP contribution is 2.28. The number of carboxylic acids is 1. The van der Waals surface area contributed by atoms with Gasteiger partial charge in [0.1, 0.15) is 16.3 Å². The molecule has 3 N–H and O–H groups in total. The van der Waals surface area contributed by atoms with Crippen molar-refractivity contribution < 1.29 is 22.8 Å². The van der Waals surface area contributed by atoms with E-state index < -0.39 is 21.5 Å². The van der Waals surface area contributed by atoms with Gasteiger partial charge in [-0.1, -0.05) is 5.16 Å². The molecule has 0 aliphatic carbocycles. The maximum Gasteiger partial charge on any atom is 0.352 e. The van der Waals surface area contributed by atoms with Crippen LogP contribution in [0.25, 0.3) is 0 Å². The molecule has 0 aromatic carbocycles. The molecule has 22 heavy (non-hydrogen) atoms. The average Bonchev–Trinajstić information content (AvgIpc) is 2.95. The fraction of sp³-hybridized carbons (Fsp3) is 0.385. The van der Waals surface area contributed by atoms with Crippen molar-refractivity contribution in [2.45, 2.75) is 38.1 Å². The Morgan fingerprint density at radius 1 is 1.41 bits per heavy atom. The van der Waals surface area contributed by atoms with Crippen molar-refractivity contribution in [1.82, 2.24) is 14.9 Å². The van der Waals surface area contributed by atoms with E-state index in [4.69, 9.17) is 9.63 Å². The van der Waals surface area contributed by atoms with Gasteiger partial charge >= 0.3 is 5.97 Å². The van der Waals surface area contributed by atoms with Gasteiger partial charge in [-0.2, -0.15) is 0 Å². The summed E-state index contributed by atoms with van der Waals surface area (Å²) in [6.45, 7) is 6.79. The molecule has 120 valence electrons. The Hall–Kier alpha value is -2.13. The number of sulfonamides is 1. The number of aromatic nitrogens is 2. The number of carbonyl (C=O) groups is 1. The van der Waals surface area contributed by atoms with Gasteiger partial charge in [0.15, 0.2) is 0 Å². The third-order valence-corrected chi connectivity index (χ3v) is 4.88. The number of carboxylic acid groups (broad SMARTS) is 1. The van der Waals surface area contributed by atoms with Gasteiger partial charge in [-0.15, -0.1) is 0 Å². The minimum absolute atomic E-state index is 0.148. The Labute approximate surface area is 127 Å². The Kier molecular flexibility index (Phi) is 3.88. The number of nitrogens with zero attached hydrogens (tertiary/aromatic N) is 1. The van der Waals surface area contributed by atoms with Crippen LogP contribution in [-0.2, 0) is 15.6 Å². The molecule has 0 saturated carbocycles. The lowest BCUT2D eigenvalue weighted by Crippen LogP contribution is -2.41. The maximum absolute atomic E-state index is 12.4. The first-order valence-corrected chi connectivity index (χ1v) is 7.92. The van der Waals surface area contributed by atoms with Crippen molar-refractivity contribution in [3.63, 3.8) is 0 Å². The number of nitrogens with one attached hydrogen (secondary N) is 2. The topological polar surface area (TPSA) is 125 Å². The quantitative estimate of drug-likeness (QED) is 0.764. The average molecular weight is 327 g/mol. The molecule has 0 radical (unpaired) electrons. The van der Waals surface area contributed by atoms with Crippen LogP contribution in [0.1, 0.15) is 41.4 Å². The number of hydrogen-bond acceptors (Lipinski definition) is 5. The van der Waals surface area contributed by atoms with Gasteiger partial charge in [-0.05, 0) is 33.8 Å². The van der Waals surface area contributed by atoms with Crippen LogP contribution in [-0.4, -0.2) is 29.6 Å². The summed E-state index contributed by atoms with van der Waals surface area (Å²) in [6, 6.07) is 1.06. The van der Waals surface area contributed by atoms with Gasteiger partial charge in [0, 0.05) is 11.8 Å². The molecule has 0 spiro atoms. The highest BCUT2D eigenvalue weighted by atomic mass is 32.2. The Bertz CT molecular complexity index is 797. The second-order valence-electron chi connectivity index (χ2n) is 5.48. The van der Waals surface area contributed by atoms with Crippen molar-refractivity contribution in [2.24, 2.45) is 0 Å². The summed E-state index contributed by atoms with van der Waals surface area (Å²) in [6.07, 6.45) is 1.13. The first kappa shape index (κ1) is 16.2. The second-order valence-corrected chi connectivity index (χ2v) is 7.17. The Balaban J connectivity index is 2.37. The summed E-state index contributed by atoms with van der Waals surface area (Å²) in [5.41, 5.74) is 0.0688. The number of aryl methyl sites for hydroxylation is 2. The van der Waals surface area contributed by atoms with E-state index in [9.17, 15) is 13.2 Å². The molecule has 0 bridgehead atoms. The third kappa shape index (κ3) is 2.90. The number of aromatic carboxylic acids is 1. The predicted molar refractivity (Wildman–Crippen MR) is 77.1 cm³/mol. The summed E-state index contributed by atoms with van der Waals surface area (Å²) >= 11 is 0. The summed E-state index contributed by atoms with van der Waals surface area (Å²) in [7, 11) is -3.90. The van der Waals surface area contributed by atoms with Crippen molar-refractivity contribution >= 4 is 16.0 Å². The molecule has 9 heteroatoms. The first-order chi connectivity index (χ1) is 10.0. The minimum Gasteiger partial charge on any atom is -0.477 e. The zero-order valence-electron chi connectivity index (χ0n) is 12.6. The molecule has 0 fully saturated rings. The van der Waals surface area contributed by atoms with E-state index in [-0.39, 0.29) is 10.6 Å². The predicted octanol–water partition coefficient (Wildman–Crippen LogP) is 1.53. The van der Waals surface area contributed by atoms with Gasteiger partial charge in [0.05, 0.1) is 11.2 Å². The molecule has 0 atom stereocenters. The molecule has 2 aromatic heterocycles. The van der Waals surface area contributed by atoms with E-state index in [1.807, 2.05) is 0 Å². The normalized spacial score (nSPS) is 12.5. The van der Waals surface area contributed by atoms with Crippen LogP contribution in [0.4, 0.5) is 0 Å². The van der Waals surface area contributed by atoms with Crippen molar-refractivity contribution in [2.75, 3.05) is 0 Å². The van der Waals surface area contributed by atoms with E-state index in [0.717, 1.165) is 12.3 Å². The largest absolute Gasteiger partial charge is 0.477 e. The van der Waals surface area contributed by atoms with E-state index in [0.29, 0.717) is 17.0 Å². The Morgan fingerprint density at radius 3 is 2.50 bits per heavy atom. The molecule has 8 nitrogen and oxygen atoms in total. The van der Waals surface area contributed by atoms with E-state index in [1.165, 1.54) is 0 Å². The molecule has 2 aromatic rings. The lowest BCUT2D eigenvalue weighted by atomic mass is 9.94. The van der Waals surface area contributed by atoms with Crippen LogP contribution in [0.3, 0.4) is 0 Å². The molecule has 2 rings (SSSR count). The molecular formula is C13H17N3O5S. The molecule has 2 heterocycles. The summed E-state index contributed by atoms with van der Waals surface area (Å²) in [5.74, 6) is -0.711. The monoisotopic (exact) mass is 327 g/mol. The fourth-order valence-electron chi connectivity index (χ4n) is 2.47. The highest BCUT2D eigenvalue weighted by molar-refractivity contribution is 7.89. The second kappa shape index (κ2) is 5.25. The van der Waals surface area contributed by atoms with Crippen molar-refractivity contribution in [1.29, 1.82) is 0 Å². The maximum atomic E-state index is 12.4. The first-order valence-electron chi connectivity index (χ1n) is 6.43. The van der Waals surface area contributed by atoms with Crippen LogP contribution in [0.15, 0.2) is 21.7 Å². The number of rotatable bonds is 5. The molecule has 0 aliphatic heterocycles. The lowest BCUT2D eigenvalue weighted by Gasteiger charge is -2.25. The van der Waals surface area contributed by atoms with E-state index >= 15 is 0 Å². The van der Waals surface area contributed by atoms with Gasteiger partial charge < -0.3 is 14.6 Å². The number of hydrogen-bond donors (Lipinski definition) is 3. The zero-order valence-corrected chi connectivity index (χ0v) is 13.4. The third-order valence-electron chi connectivity index (χ3n) is 3.25. The van der Waals surface area contributed by atoms with Crippen LogP contribution in [0.2, 0.25) is 0 Å². The molecule has 0 aliphatic rings. The highest BCUT2D eigenvalue weighted by Gasteiger charge is 2.33. The van der Waals surface area contributed by atoms with Gasteiger partial charge in [-0.3, -0.25) is 0 Å². The SMILES string of the molecule is Cc1noc(C)c1C(C)(C)NS(=O)(=O)c1c[nH]c(C(=O)O)c1. The Morgan fingerprint density at radius 2 is 2.05 bits per heavy atom. The van der Waals surface area contributed by atoms with Gasteiger partial charge in [-0.25, -0.2) is 17.9 Å². The van der Waals surface area contributed by atoms with Crippen molar-refractivity contribution in [3.8, 4) is 0 Å². The summed E-state index contributed by atoms with van der Waals surface area (Å²) in [4.78, 5) is 13.1. The molecule has 0 amide bonds. The number of H-pyrrole nitrogens is 1. The molecule has 0 unspecified atom stereocenters. The number of aromatic amines is 1. The minimum atomic E-state index is -3.90. The standard InChI is InChI=1S/C13H17N3O5S/c1-7-11(8(2)21-15-7)13(3,4)16-22(19,20)9-5-10(12(17)18)14-6-9/h5-6,14,16H,1-4H3,(H,17,18). The van der Waals surface area contributed by atoms with Crippen LogP contribution < -0.4 is 4.72 Å². The lowest BCUT2D eigenvalue weighted by molar-refractivity contribution is 0.0691. The van der Waals surface area contributed by atoms with Crippen LogP contribution in [0, 0.1) is 13.8 Å². The van der Waals surface area contributed by atoms with Crippen LogP contribution >= 0.6 is 0 Å². The zero-order chi connectivity index (χ0) is 16.7. The van der Waals surface area contributed by atoms with Crippen molar-refractivity contribution in [3.05, 3.63) is 35.0 Å². The van der Waals surface area contributed by atoms with Gasteiger partial charge in [0.25, 0.3) is 0 Å². The summed E-state index contributed by atoms with van der Waals surface area (Å²) in [5, 5.41) is 12.7. The van der Waals surface area contributed by atoms with E-state index in [2.05, 4.69) is 14.9 Å².